The molecule has 85 heavy (non-hydrogen) atoms. The molecular formula is C66H128O17P2. The van der Waals surface area contributed by atoms with Gasteiger partial charge in [0, 0.05) is 25.7 Å². The molecule has 0 aliphatic carbocycles. The standard InChI is InChI=1S/C66H128O17P2/c1-9-59(8)45-37-29-20-12-10-11-13-23-32-40-48-65(70)82-61(52-76-63(68)46-38-30-21-16-14-18-26-34-42-56(2)3)54-80-84(72,73)78-50-60(67)51-79-85(74,75)81-55-62(83-66(71)49-41-33-25-24-28-36-44-58(6)7)53-77-64(69)47-39-31-22-17-15-19-27-35-43-57(4)5/h56-62,67H,9-55H2,1-8H3,(H,72,73)(H,74,75)/t59?,60?,61-,62-/m1/s1. The van der Waals surface area contributed by atoms with Crippen LogP contribution in [-0.4, -0.2) is 96.7 Å². The maximum Gasteiger partial charge on any atom is 0.472 e. The first-order valence-electron chi connectivity index (χ1n) is 34.2. The molecule has 3 N–H and O–H groups in total. The topological polar surface area (TPSA) is 237 Å². The highest BCUT2D eigenvalue weighted by molar-refractivity contribution is 7.47. The maximum atomic E-state index is 13.0. The molecule has 0 aliphatic rings. The molecule has 0 bridgehead atoms. The van der Waals surface area contributed by atoms with Gasteiger partial charge < -0.3 is 33.8 Å². The zero-order valence-corrected chi connectivity index (χ0v) is 57.0. The second kappa shape index (κ2) is 56.1. The molecule has 0 heterocycles. The van der Waals surface area contributed by atoms with E-state index in [1.807, 2.05) is 0 Å². The molecule has 19 heteroatoms. The number of hydrogen-bond donors (Lipinski definition) is 3. The van der Waals surface area contributed by atoms with E-state index in [0.717, 1.165) is 108 Å². The Morgan fingerprint density at radius 3 is 0.835 bits per heavy atom. The minimum Gasteiger partial charge on any atom is -0.462 e. The van der Waals surface area contributed by atoms with E-state index in [2.05, 4.69) is 55.4 Å². The maximum absolute atomic E-state index is 13.0. The van der Waals surface area contributed by atoms with Crippen LogP contribution in [0.1, 0.15) is 319 Å². The molecule has 4 unspecified atom stereocenters. The van der Waals surface area contributed by atoms with E-state index >= 15 is 0 Å². The minimum absolute atomic E-state index is 0.101. The van der Waals surface area contributed by atoms with Crippen molar-refractivity contribution in [3.05, 3.63) is 0 Å². The van der Waals surface area contributed by atoms with Crippen LogP contribution in [0.5, 0.6) is 0 Å². The number of carbonyl (C=O) groups excluding carboxylic acids is 4. The fourth-order valence-corrected chi connectivity index (χ4v) is 11.3. The van der Waals surface area contributed by atoms with Crippen molar-refractivity contribution in [2.75, 3.05) is 39.6 Å². The number of aliphatic hydroxyl groups excluding tert-OH is 1. The minimum atomic E-state index is -4.95. The summed E-state index contributed by atoms with van der Waals surface area (Å²) in [6.45, 7) is 14.0. The van der Waals surface area contributed by atoms with E-state index in [1.54, 1.807) is 0 Å². The van der Waals surface area contributed by atoms with Gasteiger partial charge in [-0.15, -0.1) is 0 Å². The predicted molar refractivity (Wildman–Crippen MR) is 340 cm³/mol. The van der Waals surface area contributed by atoms with E-state index in [0.29, 0.717) is 31.6 Å². The summed E-state index contributed by atoms with van der Waals surface area (Å²) >= 11 is 0. The number of carbonyl (C=O) groups is 4. The fraction of sp³-hybridized carbons (Fsp3) is 0.939. The highest BCUT2D eigenvalue weighted by atomic mass is 31.2. The number of hydrogen-bond acceptors (Lipinski definition) is 15. The van der Waals surface area contributed by atoms with Crippen molar-refractivity contribution in [3.63, 3.8) is 0 Å². The van der Waals surface area contributed by atoms with Crippen LogP contribution in [0.2, 0.25) is 0 Å². The highest BCUT2D eigenvalue weighted by Crippen LogP contribution is 2.45. The summed E-state index contributed by atoms with van der Waals surface area (Å²) < 4.78 is 68.1. The summed E-state index contributed by atoms with van der Waals surface area (Å²) in [5.74, 6) is 0.785. The molecule has 0 saturated carbocycles. The summed E-state index contributed by atoms with van der Waals surface area (Å²) in [7, 11) is -9.89. The van der Waals surface area contributed by atoms with E-state index in [1.165, 1.54) is 122 Å². The molecular weight excluding hydrogens is 1130 g/mol. The van der Waals surface area contributed by atoms with Gasteiger partial charge in [-0.3, -0.25) is 37.3 Å². The third kappa shape index (κ3) is 59.5. The lowest BCUT2D eigenvalue weighted by Gasteiger charge is -2.21. The largest absolute Gasteiger partial charge is 0.472 e. The van der Waals surface area contributed by atoms with Crippen LogP contribution in [0.15, 0.2) is 0 Å². The van der Waals surface area contributed by atoms with Crippen LogP contribution in [-0.2, 0) is 65.4 Å². The summed E-state index contributed by atoms with van der Waals surface area (Å²) in [6.07, 6.45) is 36.4. The van der Waals surface area contributed by atoms with Crippen LogP contribution >= 0.6 is 15.6 Å². The Balaban J connectivity index is 5.25. The van der Waals surface area contributed by atoms with Gasteiger partial charge in [0.25, 0.3) is 0 Å². The number of phosphoric ester groups is 2. The molecule has 17 nitrogen and oxygen atoms in total. The number of aliphatic hydroxyl groups is 1. The van der Waals surface area contributed by atoms with Crippen LogP contribution in [0.4, 0.5) is 0 Å². The normalized spacial score (nSPS) is 14.7. The molecule has 504 valence electrons. The first-order chi connectivity index (χ1) is 40.6. The third-order valence-corrected chi connectivity index (χ3v) is 17.3. The van der Waals surface area contributed by atoms with Crippen molar-refractivity contribution in [2.45, 2.75) is 337 Å². The summed E-state index contributed by atoms with van der Waals surface area (Å²) in [4.78, 5) is 72.3. The Hall–Kier alpha value is -1.94. The van der Waals surface area contributed by atoms with Gasteiger partial charge in [0.2, 0.25) is 0 Å². The first kappa shape index (κ1) is 83.1. The SMILES string of the molecule is CCC(C)CCCCCCCCCCCCC(=O)O[C@H](COC(=O)CCCCCCCCCCC(C)C)COP(=O)(O)OCC(O)COP(=O)(O)OC[C@@H](COC(=O)CCCCCCCCCCC(C)C)OC(=O)CCCCCCCCC(C)C. The van der Waals surface area contributed by atoms with Crippen LogP contribution in [0.25, 0.3) is 0 Å². The molecule has 0 aromatic rings. The average molecular weight is 1260 g/mol. The molecule has 0 aromatic heterocycles. The molecule has 0 amide bonds. The lowest BCUT2D eigenvalue weighted by molar-refractivity contribution is -0.161. The highest BCUT2D eigenvalue weighted by Gasteiger charge is 2.30. The van der Waals surface area contributed by atoms with Crippen LogP contribution in [0.3, 0.4) is 0 Å². The number of rotatable bonds is 63. The number of ether oxygens (including phenoxy) is 4. The van der Waals surface area contributed by atoms with Crippen molar-refractivity contribution >= 4 is 39.5 Å². The van der Waals surface area contributed by atoms with Gasteiger partial charge in [0.15, 0.2) is 12.2 Å². The predicted octanol–water partition coefficient (Wildman–Crippen LogP) is 18.1. The lowest BCUT2D eigenvalue weighted by Crippen LogP contribution is -2.30. The molecule has 6 atom stereocenters. The molecule has 0 rings (SSSR count). The summed E-state index contributed by atoms with van der Waals surface area (Å²) in [5, 5.41) is 10.5. The molecule has 0 aliphatic heterocycles. The first-order valence-corrected chi connectivity index (χ1v) is 37.2. The van der Waals surface area contributed by atoms with E-state index < -0.39 is 97.5 Å². The van der Waals surface area contributed by atoms with Gasteiger partial charge in [-0.25, -0.2) is 9.13 Å². The van der Waals surface area contributed by atoms with Crippen molar-refractivity contribution in [2.24, 2.45) is 23.7 Å². The molecule has 0 fully saturated rings. The second-order valence-electron chi connectivity index (χ2n) is 25.5. The smallest absolute Gasteiger partial charge is 0.462 e. The summed E-state index contributed by atoms with van der Waals surface area (Å²) in [6, 6.07) is 0. The Morgan fingerprint density at radius 2 is 0.565 bits per heavy atom. The quantitative estimate of drug-likeness (QED) is 0.0222. The monoisotopic (exact) mass is 1250 g/mol. The Kier molecular flexibility index (Phi) is 54.8. The number of esters is 4. The Bertz CT molecular complexity index is 1700. The summed E-state index contributed by atoms with van der Waals surface area (Å²) in [5.41, 5.74) is 0. The van der Waals surface area contributed by atoms with Crippen LogP contribution in [0, 0.1) is 23.7 Å². The Labute approximate surface area is 517 Å². The van der Waals surface area contributed by atoms with E-state index in [-0.39, 0.29) is 25.7 Å². The Morgan fingerprint density at radius 1 is 0.329 bits per heavy atom. The molecule has 0 aromatic carbocycles. The molecule has 0 saturated heterocycles. The third-order valence-electron chi connectivity index (χ3n) is 15.4. The van der Waals surface area contributed by atoms with Crippen molar-refractivity contribution in [3.8, 4) is 0 Å². The van der Waals surface area contributed by atoms with Gasteiger partial charge in [0.05, 0.1) is 26.4 Å². The fourth-order valence-electron chi connectivity index (χ4n) is 9.75. The molecule has 0 spiro atoms. The molecule has 0 radical (unpaired) electrons. The zero-order valence-electron chi connectivity index (χ0n) is 55.2. The van der Waals surface area contributed by atoms with Crippen molar-refractivity contribution in [1.82, 2.24) is 0 Å². The van der Waals surface area contributed by atoms with Gasteiger partial charge in [0.1, 0.15) is 19.3 Å². The van der Waals surface area contributed by atoms with Crippen molar-refractivity contribution in [1.29, 1.82) is 0 Å². The van der Waals surface area contributed by atoms with Crippen LogP contribution < -0.4 is 0 Å². The van der Waals surface area contributed by atoms with Gasteiger partial charge >= 0.3 is 39.5 Å². The van der Waals surface area contributed by atoms with Gasteiger partial charge in [-0.05, 0) is 49.4 Å². The van der Waals surface area contributed by atoms with E-state index in [9.17, 15) is 43.2 Å². The zero-order chi connectivity index (χ0) is 63.2. The van der Waals surface area contributed by atoms with Crippen molar-refractivity contribution < 1.29 is 80.2 Å². The van der Waals surface area contributed by atoms with Gasteiger partial charge in [-0.1, -0.05) is 267 Å². The number of unbranched alkanes of at least 4 members (excludes halogenated alkanes) is 28. The average Bonchev–Trinajstić information content (AvgIpc) is 3.59. The number of phosphoric acid groups is 2. The van der Waals surface area contributed by atoms with E-state index in [4.69, 9.17) is 37.0 Å². The second-order valence-corrected chi connectivity index (χ2v) is 28.4. The lowest BCUT2D eigenvalue weighted by atomic mass is 9.99. The van der Waals surface area contributed by atoms with Gasteiger partial charge in [-0.2, -0.15) is 0 Å².